The van der Waals surface area contributed by atoms with E-state index in [9.17, 15) is 18.0 Å². The van der Waals surface area contributed by atoms with Gasteiger partial charge in [-0.1, -0.05) is 0 Å². The number of pyridine rings is 1. The third-order valence-electron chi connectivity index (χ3n) is 1.71. The summed E-state index contributed by atoms with van der Waals surface area (Å²) in [6.07, 6.45) is -2.45. The van der Waals surface area contributed by atoms with Gasteiger partial charge in [-0.2, -0.15) is 13.2 Å². The molecule has 6 heteroatoms. The third kappa shape index (κ3) is 3.57. The van der Waals surface area contributed by atoms with E-state index in [4.69, 9.17) is 0 Å². The number of halogens is 3. The highest BCUT2D eigenvalue weighted by Crippen LogP contribution is 2.19. The molecule has 0 atom stereocenters. The molecule has 1 heterocycles. The summed E-state index contributed by atoms with van der Waals surface area (Å²) in [5.74, 6) is 0.179. The second kappa shape index (κ2) is 4.29. The van der Waals surface area contributed by atoms with Gasteiger partial charge in [-0.3, -0.25) is 4.79 Å². The van der Waals surface area contributed by atoms with Gasteiger partial charge in [0, 0.05) is 18.8 Å². The van der Waals surface area contributed by atoms with Gasteiger partial charge in [-0.25, -0.2) is 4.98 Å². The zero-order chi connectivity index (χ0) is 11.5. The van der Waals surface area contributed by atoms with Gasteiger partial charge >= 0.3 is 6.18 Å². The van der Waals surface area contributed by atoms with Crippen LogP contribution in [0.5, 0.6) is 0 Å². The highest BCUT2D eigenvalue weighted by atomic mass is 19.4. The SMILES string of the molecule is CN(CC(F)(F)F)c1ccc(C=O)cn1. The van der Waals surface area contributed by atoms with E-state index >= 15 is 0 Å². The number of carbonyl (C=O) groups is 1. The molecule has 0 fully saturated rings. The molecule has 0 saturated heterocycles. The van der Waals surface area contributed by atoms with Crippen molar-refractivity contribution in [2.75, 3.05) is 18.5 Å². The molecule has 0 aliphatic carbocycles. The zero-order valence-electron chi connectivity index (χ0n) is 7.95. The molecule has 0 aliphatic heterocycles. The molecular weight excluding hydrogens is 209 g/mol. The first-order valence-corrected chi connectivity index (χ1v) is 4.11. The summed E-state index contributed by atoms with van der Waals surface area (Å²) in [5.41, 5.74) is 0.333. The van der Waals surface area contributed by atoms with Crippen LogP contribution in [0.1, 0.15) is 10.4 Å². The van der Waals surface area contributed by atoms with E-state index < -0.39 is 12.7 Å². The summed E-state index contributed by atoms with van der Waals surface area (Å²) < 4.78 is 36.0. The fraction of sp³-hybridized carbons (Fsp3) is 0.333. The van der Waals surface area contributed by atoms with Crippen molar-refractivity contribution in [2.45, 2.75) is 6.18 Å². The van der Waals surface area contributed by atoms with Crippen LogP contribution in [0.2, 0.25) is 0 Å². The highest BCUT2D eigenvalue weighted by Gasteiger charge is 2.29. The largest absolute Gasteiger partial charge is 0.405 e. The molecule has 0 saturated carbocycles. The number of rotatable bonds is 3. The van der Waals surface area contributed by atoms with Crippen LogP contribution in [0.4, 0.5) is 19.0 Å². The lowest BCUT2D eigenvalue weighted by atomic mass is 10.3. The number of alkyl halides is 3. The number of carbonyl (C=O) groups excluding carboxylic acids is 1. The number of aldehydes is 1. The maximum Gasteiger partial charge on any atom is 0.405 e. The Morgan fingerprint density at radius 3 is 2.53 bits per heavy atom. The van der Waals surface area contributed by atoms with E-state index in [0.717, 1.165) is 4.90 Å². The minimum Gasteiger partial charge on any atom is -0.351 e. The van der Waals surface area contributed by atoms with Crippen LogP contribution in [0.3, 0.4) is 0 Å². The fourth-order valence-corrected chi connectivity index (χ4v) is 1.04. The van der Waals surface area contributed by atoms with Crippen molar-refractivity contribution in [3.05, 3.63) is 23.9 Å². The van der Waals surface area contributed by atoms with Crippen molar-refractivity contribution in [1.29, 1.82) is 0 Å². The molecular formula is C9H9F3N2O. The van der Waals surface area contributed by atoms with Gasteiger partial charge in [-0.05, 0) is 12.1 Å². The summed E-state index contributed by atoms with van der Waals surface area (Å²) in [6.45, 7) is -1.07. The second-order valence-corrected chi connectivity index (χ2v) is 3.04. The first kappa shape index (κ1) is 11.5. The maximum atomic E-state index is 12.0. The van der Waals surface area contributed by atoms with Gasteiger partial charge in [0.2, 0.25) is 0 Å². The van der Waals surface area contributed by atoms with Gasteiger partial charge < -0.3 is 4.90 Å². The van der Waals surface area contributed by atoms with E-state index in [1.165, 1.54) is 25.4 Å². The number of anilines is 1. The van der Waals surface area contributed by atoms with Crippen molar-refractivity contribution in [3.63, 3.8) is 0 Å². The van der Waals surface area contributed by atoms with Crippen LogP contribution in [0.15, 0.2) is 18.3 Å². The normalized spacial score (nSPS) is 11.2. The Labute approximate surface area is 84.5 Å². The summed E-state index contributed by atoms with van der Waals surface area (Å²) in [5, 5.41) is 0. The summed E-state index contributed by atoms with van der Waals surface area (Å²) in [6, 6.07) is 2.79. The summed E-state index contributed by atoms with van der Waals surface area (Å²) in [4.78, 5) is 15.0. The fourth-order valence-electron chi connectivity index (χ4n) is 1.04. The molecule has 0 aromatic carbocycles. The van der Waals surface area contributed by atoms with Gasteiger partial charge in [-0.15, -0.1) is 0 Å². The Balaban J connectivity index is 2.74. The Bertz CT molecular complexity index is 334. The van der Waals surface area contributed by atoms with Crippen LogP contribution in [0, 0.1) is 0 Å². The van der Waals surface area contributed by atoms with Crippen molar-refractivity contribution < 1.29 is 18.0 Å². The maximum absolute atomic E-state index is 12.0. The van der Waals surface area contributed by atoms with E-state index in [-0.39, 0.29) is 5.82 Å². The molecule has 0 aliphatic rings. The molecule has 0 spiro atoms. The number of aromatic nitrogens is 1. The highest BCUT2D eigenvalue weighted by molar-refractivity contribution is 5.74. The van der Waals surface area contributed by atoms with Gasteiger partial charge in [0.15, 0.2) is 6.29 Å². The Morgan fingerprint density at radius 2 is 2.13 bits per heavy atom. The predicted molar refractivity (Wildman–Crippen MR) is 48.9 cm³/mol. The molecule has 0 unspecified atom stereocenters. The van der Waals surface area contributed by atoms with Gasteiger partial charge in [0.25, 0.3) is 0 Å². The van der Waals surface area contributed by atoms with Crippen molar-refractivity contribution >= 4 is 12.1 Å². The van der Waals surface area contributed by atoms with Crippen LogP contribution in [-0.4, -0.2) is 31.0 Å². The van der Waals surface area contributed by atoms with E-state index in [2.05, 4.69) is 4.98 Å². The first-order chi connectivity index (χ1) is 6.92. The quantitative estimate of drug-likeness (QED) is 0.726. The number of nitrogens with zero attached hydrogens (tertiary/aromatic N) is 2. The summed E-state index contributed by atoms with van der Waals surface area (Å²) >= 11 is 0. The lowest BCUT2D eigenvalue weighted by Gasteiger charge is -2.19. The lowest BCUT2D eigenvalue weighted by Crippen LogP contribution is -2.31. The Morgan fingerprint density at radius 1 is 1.47 bits per heavy atom. The minimum absolute atomic E-state index is 0.179. The molecule has 0 radical (unpaired) electrons. The average Bonchev–Trinajstić information content (AvgIpc) is 2.15. The molecule has 1 rings (SSSR count). The van der Waals surface area contributed by atoms with Crippen molar-refractivity contribution in [3.8, 4) is 0 Å². The average molecular weight is 218 g/mol. The van der Waals surface area contributed by atoms with E-state index in [1.54, 1.807) is 0 Å². The molecule has 3 nitrogen and oxygen atoms in total. The molecule has 0 N–H and O–H groups in total. The molecule has 1 aromatic rings. The van der Waals surface area contributed by atoms with Crippen molar-refractivity contribution in [1.82, 2.24) is 4.98 Å². The number of hydrogen-bond donors (Lipinski definition) is 0. The molecule has 1 aromatic heterocycles. The molecule has 0 amide bonds. The smallest absolute Gasteiger partial charge is 0.351 e. The van der Waals surface area contributed by atoms with Crippen LogP contribution >= 0.6 is 0 Å². The van der Waals surface area contributed by atoms with Gasteiger partial charge in [0.1, 0.15) is 12.4 Å². The van der Waals surface area contributed by atoms with Gasteiger partial charge in [0.05, 0.1) is 0 Å². The second-order valence-electron chi connectivity index (χ2n) is 3.04. The third-order valence-corrected chi connectivity index (χ3v) is 1.71. The topological polar surface area (TPSA) is 33.2 Å². The Hall–Kier alpha value is -1.59. The van der Waals surface area contributed by atoms with Crippen LogP contribution in [0.25, 0.3) is 0 Å². The van der Waals surface area contributed by atoms with Crippen LogP contribution < -0.4 is 4.90 Å². The zero-order valence-corrected chi connectivity index (χ0v) is 7.95. The molecule has 15 heavy (non-hydrogen) atoms. The predicted octanol–water partition coefficient (Wildman–Crippen LogP) is 1.89. The monoisotopic (exact) mass is 218 g/mol. The van der Waals surface area contributed by atoms with E-state index in [0.29, 0.717) is 11.8 Å². The van der Waals surface area contributed by atoms with Crippen LogP contribution in [-0.2, 0) is 0 Å². The molecule has 0 bridgehead atoms. The minimum atomic E-state index is -4.26. The Kier molecular flexibility index (Phi) is 3.28. The molecule has 82 valence electrons. The van der Waals surface area contributed by atoms with E-state index in [1.807, 2.05) is 0 Å². The first-order valence-electron chi connectivity index (χ1n) is 4.11. The number of hydrogen-bond acceptors (Lipinski definition) is 3. The summed E-state index contributed by atoms with van der Waals surface area (Å²) in [7, 11) is 1.29. The lowest BCUT2D eigenvalue weighted by molar-refractivity contribution is -0.119. The standard InChI is InChI=1S/C9H9F3N2O/c1-14(6-9(10,11)12)8-3-2-7(5-15)4-13-8/h2-5H,6H2,1H3. The van der Waals surface area contributed by atoms with Crippen molar-refractivity contribution in [2.24, 2.45) is 0 Å².